The minimum absolute atomic E-state index is 0. The molecule has 4 unspecified atom stereocenters. The number of nitro groups is 4. The third-order valence-electron chi connectivity index (χ3n) is 12.3. The van der Waals surface area contributed by atoms with Gasteiger partial charge in [-0.3, -0.25) is 0 Å². The van der Waals surface area contributed by atoms with Gasteiger partial charge in [0.05, 0.1) is 0 Å². The van der Waals surface area contributed by atoms with Crippen molar-refractivity contribution in [1.29, 1.82) is 0 Å². The number of carbonyl (C=O) groups excluding carboxylic acids is 2. The van der Waals surface area contributed by atoms with E-state index in [1.54, 1.807) is 36.4 Å². The van der Waals surface area contributed by atoms with Crippen LogP contribution in [-0.2, 0) is 41.9 Å². The maximum Gasteiger partial charge on any atom is -0.369 e. The number of anilines is 2. The van der Waals surface area contributed by atoms with Crippen molar-refractivity contribution >= 4 is 45.9 Å². The molecule has 4 bridgehead atoms. The van der Waals surface area contributed by atoms with Gasteiger partial charge < -0.3 is 12.3 Å². The van der Waals surface area contributed by atoms with Crippen LogP contribution < -0.4 is 40.7 Å². The van der Waals surface area contributed by atoms with Gasteiger partial charge in [0.15, 0.2) is 0 Å². The number of para-hydroxylation sites is 2. The molecule has 75 heavy (non-hydrogen) atoms. The molecule has 0 aromatic heterocycles. The van der Waals surface area contributed by atoms with Crippen LogP contribution in [0, 0.1) is 40.5 Å². The first-order chi connectivity index (χ1) is 34.9. The van der Waals surface area contributed by atoms with Crippen LogP contribution in [0.2, 0.25) is 0 Å². The van der Waals surface area contributed by atoms with Gasteiger partial charge in [-0.1, -0.05) is 0 Å². The molecular formula is C46H34CrN12O16. The summed E-state index contributed by atoms with van der Waals surface area (Å²) in [6.07, 6.45) is 0. The van der Waals surface area contributed by atoms with E-state index >= 15 is 10.2 Å². The van der Waals surface area contributed by atoms with Crippen molar-refractivity contribution in [3.63, 3.8) is 0 Å². The molecule has 10 N–H and O–H groups in total. The molecule has 4 atom stereocenters. The Morgan fingerprint density at radius 2 is 0.853 bits per heavy atom. The zero-order valence-corrected chi connectivity index (χ0v) is 39.6. The number of non-ortho nitro benzene ring substituents is 2. The number of nitro benzene ring substituents is 4. The normalized spacial score (nSPS) is 19.4. The average molecular weight is 1060 g/mol. The van der Waals surface area contributed by atoms with Gasteiger partial charge in [0.2, 0.25) is 0 Å². The molecule has 4 heterocycles. The number of hydrogen-bond donors (Lipinski definition) is 4. The fourth-order valence-corrected chi connectivity index (χ4v) is 10.4. The molecule has 29 heteroatoms. The predicted molar refractivity (Wildman–Crippen MR) is 248 cm³/mol. The summed E-state index contributed by atoms with van der Waals surface area (Å²) in [7, 11) is 0. The van der Waals surface area contributed by atoms with E-state index in [-0.39, 0.29) is 58.1 Å². The molecule has 0 saturated carbocycles. The zero-order chi connectivity index (χ0) is 51.7. The van der Waals surface area contributed by atoms with E-state index in [1.165, 1.54) is 72.8 Å². The molecular weight excluding hydrogens is 1030 g/mol. The molecule has 2 amide bonds. The smallest absolute Gasteiger partial charge is 0.369 e. The summed E-state index contributed by atoms with van der Waals surface area (Å²) < 4.78 is 40.3. The van der Waals surface area contributed by atoms with Gasteiger partial charge in [-0.25, -0.2) is 0 Å². The van der Waals surface area contributed by atoms with E-state index in [4.69, 9.17) is 7.58 Å². The minimum Gasteiger partial charge on any atom is -0.369 e. The van der Waals surface area contributed by atoms with E-state index in [2.05, 4.69) is 31.1 Å². The summed E-state index contributed by atoms with van der Waals surface area (Å²) in [5, 5.41) is 103. The van der Waals surface area contributed by atoms with Crippen molar-refractivity contribution in [3.05, 3.63) is 230 Å². The van der Waals surface area contributed by atoms with Crippen molar-refractivity contribution in [1.82, 2.24) is 12.3 Å². The van der Waals surface area contributed by atoms with Crippen LogP contribution in [0.3, 0.4) is 0 Å². The Morgan fingerprint density at radius 1 is 0.507 bits per heavy atom. The predicted octanol–water partition coefficient (Wildman–Crippen LogP) is 7.24. The van der Waals surface area contributed by atoms with Crippen molar-refractivity contribution in [3.8, 4) is 11.5 Å². The summed E-state index contributed by atoms with van der Waals surface area (Å²) in [6.45, 7) is 0. The fourth-order valence-electron chi connectivity index (χ4n) is 9.20. The molecule has 0 saturated heterocycles. The van der Waals surface area contributed by atoms with Crippen molar-refractivity contribution in [2.75, 3.05) is 10.6 Å². The van der Waals surface area contributed by atoms with E-state index in [0.717, 1.165) is 0 Å². The molecule has 28 nitrogen and oxygen atoms in total. The van der Waals surface area contributed by atoms with Gasteiger partial charge in [-0.15, -0.1) is 0 Å². The fraction of sp³-hybridized carbons (Fsp3) is 0.0870. The zero-order valence-electron chi connectivity index (χ0n) is 38.4. The van der Waals surface area contributed by atoms with Gasteiger partial charge in [0.1, 0.15) is 0 Å². The third-order valence-corrected chi connectivity index (χ3v) is 13.4. The van der Waals surface area contributed by atoms with Crippen molar-refractivity contribution in [2.45, 2.75) is 23.2 Å². The Kier molecular flexibility index (Phi) is 12.8. The Balaban J connectivity index is 0.00000374. The van der Waals surface area contributed by atoms with E-state index in [9.17, 15) is 57.7 Å². The van der Waals surface area contributed by atoms with Crippen LogP contribution in [-0.4, -0.2) is 31.5 Å². The molecule has 2 aliphatic carbocycles. The first kappa shape index (κ1) is 51.2. The maximum atomic E-state index is 15.0. The summed E-state index contributed by atoms with van der Waals surface area (Å²) in [5.41, 5.74) is -14.1. The minimum atomic E-state index is -7.34. The van der Waals surface area contributed by atoms with E-state index in [1.807, 2.05) is 0 Å². The number of quaternary nitrogens is 2. The number of benzene rings is 6. The number of azo groups is 2. The quantitative estimate of drug-likeness (QED) is 0.0616. The van der Waals surface area contributed by atoms with Gasteiger partial charge in [0.25, 0.3) is 0 Å². The second-order valence-corrected chi connectivity index (χ2v) is 18.0. The van der Waals surface area contributed by atoms with Crippen molar-refractivity contribution < 1.29 is 68.3 Å². The first-order valence-corrected chi connectivity index (χ1v) is 23.1. The number of hydrogen-bond acceptors (Lipinski definition) is 20. The number of amides is 2. The van der Waals surface area contributed by atoms with Gasteiger partial charge >= 0.3 is 410 Å². The summed E-state index contributed by atoms with van der Waals surface area (Å²) in [4.78, 5) is 74.0. The summed E-state index contributed by atoms with van der Waals surface area (Å²) >= 11 is -7.34. The van der Waals surface area contributed by atoms with Crippen LogP contribution >= 0.6 is 0 Å². The van der Waals surface area contributed by atoms with Gasteiger partial charge in [0, 0.05) is 0 Å². The van der Waals surface area contributed by atoms with Gasteiger partial charge in [-0.05, 0) is 0 Å². The summed E-state index contributed by atoms with van der Waals surface area (Å²) in [5.74, 6) is -7.63. The Hall–Kier alpha value is -10.2. The van der Waals surface area contributed by atoms with Crippen LogP contribution in [0.25, 0.3) is 0 Å². The molecule has 12 rings (SSSR count). The second kappa shape index (κ2) is 18.8. The van der Waals surface area contributed by atoms with Crippen molar-refractivity contribution in [2.24, 2.45) is 20.5 Å². The number of nitrogens with one attached hydrogen (secondary N) is 2. The molecule has 6 aromatic rings. The standard InChI is InChI=1S/2C23H15N5O7.Cr.2H3N.2O/c2*29-20-16(10-13(27(32)33)11-17(20)28(34)35)23-15-9-5-4-8-14(15)19(25-26-23)18(21(23)30)22(31)24-12-6-2-1-3-7-12;;;;;/h2*1-11,19,29-30H,(H,24,31);;2*1H3;;/q;;+2;;;;/p-2. The molecule has 4 aliphatic heterocycles. The first-order valence-electron chi connectivity index (χ1n) is 21.1. The second-order valence-electron chi connectivity index (χ2n) is 16.2. The SMILES string of the molecule is O=C(Nc1ccccc1)C1=C([O-])C2(c3cc([N+](=O)[O-])cc([N+](=O)[O-])c3[O][Cr](=[O])(=[O])[O]c3c([N+](=O)[O-])cc([N+](=O)[O-])cc3C34N=NC(C(C(=O)Nc5ccccc5)=C3[O-])c3ccccc34)N=NC1c1ccccc12.[NH4+].[NH4+]. The largest absolute Gasteiger partial charge is 0.369 e. The monoisotopic (exact) mass is 1060 g/mol. The topological polar surface area (TPSA) is 452 Å². The number of nitrogens with zero attached hydrogens (tertiary/aromatic N) is 8. The Bertz CT molecular complexity index is 3490. The van der Waals surface area contributed by atoms with Crippen LogP contribution in [0.4, 0.5) is 34.1 Å². The maximum absolute atomic E-state index is 15.0. The van der Waals surface area contributed by atoms with E-state index < -0.39 is 136 Å². The Morgan fingerprint density at radius 3 is 1.20 bits per heavy atom. The molecule has 380 valence electrons. The van der Waals surface area contributed by atoms with Crippen LogP contribution in [0.5, 0.6) is 11.5 Å². The number of carbonyl (C=O) groups is 2. The van der Waals surface area contributed by atoms with Crippen LogP contribution in [0.1, 0.15) is 45.5 Å². The molecule has 0 fully saturated rings. The molecule has 6 aliphatic rings. The van der Waals surface area contributed by atoms with Crippen LogP contribution in [0.15, 0.2) is 177 Å². The number of rotatable bonds is 14. The van der Waals surface area contributed by atoms with Gasteiger partial charge in [-0.2, -0.15) is 0 Å². The average Bonchev–Trinajstić information content (AvgIpc) is 3.37. The Labute approximate surface area is 420 Å². The molecule has 0 spiro atoms. The summed E-state index contributed by atoms with van der Waals surface area (Å²) in [6, 6.07) is 25.3. The van der Waals surface area contributed by atoms with E-state index in [0.29, 0.717) is 12.1 Å². The third kappa shape index (κ3) is 8.06. The molecule has 0 radical (unpaired) electrons. The molecule has 6 aromatic carbocycles.